The SMILES string of the molecule is N#Cc1ccc(OCc2c(F)cccc2Cl)cc1. The van der Waals surface area contributed by atoms with Gasteiger partial charge in [0.25, 0.3) is 0 Å². The number of ether oxygens (including phenoxy) is 1. The molecular formula is C14H9ClFNO. The van der Waals surface area contributed by atoms with Gasteiger partial charge in [-0.2, -0.15) is 5.26 Å². The molecule has 2 rings (SSSR count). The molecule has 0 saturated heterocycles. The predicted octanol–water partition coefficient (Wildman–Crippen LogP) is 3.93. The first-order valence-electron chi connectivity index (χ1n) is 5.26. The second-order valence-electron chi connectivity index (χ2n) is 3.63. The predicted molar refractivity (Wildman–Crippen MR) is 66.9 cm³/mol. The van der Waals surface area contributed by atoms with Crippen LogP contribution in [0.1, 0.15) is 11.1 Å². The summed E-state index contributed by atoms with van der Waals surface area (Å²) in [6.45, 7) is 0.0530. The molecule has 0 radical (unpaired) electrons. The molecule has 0 atom stereocenters. The largest absolute Gasteiger partial charge is 0.489 e. The lowest BCUT2D eigenvalue weighted by Crippen LogP contribution is -1.99. The lowest BCUT2D eigenvalue weighted by Gasteiger charge is -2.08. The van der Waals surface area contributed by atoms with Crippen LogP contribution in [-0.2, 0) is 6.61 Å². The van der Waals surface area contributed by atoms with E-state index in [9.17, 15) is 4.39 Å². The first-order valence-corrected chi connectivity index (χ1v) is 5.64. The van der Waals surface area contributed by atoms with Gasteiger partial charge in [-0.15, -0.1) is 0 Å². The average molecular weight is 262 g/mol. The summed E-state index contributed by atoms with van der Waals surface area (Å²) in [6.07, 6.45) is 0. The van der Waals surface area contributed by atoms with E-state index < -0.39 is 5.82 Å². The summed E-state index contributed by atoms with van der Waals surface area (Å²) in [5.74, 6) is 0.171. The summed E-state index contributed by atoms with van der Waals surface area (Å²) in [5, 5.41) is 8.99. The normalized spacial score (nSPS) is 9.83. The van der Waals surface area contributed by atoms with Gasteiger partial charge in [-0.25, -0.2) is 4.39 Å². The van der Waals surface area contributed by atoms with Crippen molar-refractivity contribution in [2.75, 3.05) is 0 Å². The molecule has 0 aromatic heterocycles. The Morgan fingerprint density at radius 2 is 1.89 bits per heavy atom. The fourth-order valence-corrected chi connectivity index (χ4v) is 1.67. The Kier molecular flexibility index (Phi) is 3.81. The van der Waals surface area contributed by atoms with Crippen LogP contribution in [0, 0.1) is 17.1 Å². The van der Waals surface area contributed by atoms with Crippen LogP contribution in [0.4, 0.5) is 4.39 Å². The number of rotatable bonds is 3. The molecular weight excluding hydrogens is 253 g/mol. The third kappa shape index (κ3) is 2.79. The molecule has 2 aromatic carbocycles. The quantitative estimate of drug-likeness (QED) is 0.839. The first-order chi connectivity index (χ1) is 8.70. The number of hydrogen-bond acceptors (Lipinski definition) is 2. The van der Waals surface area contributed by atoms with E-state index in [1.165, 1.54) is 6.07 Å². The van der Waals surface area contributed by atoms with Crippen molar-refractivity contribution < 1.29 is 9.13 Å². The second-order valence-corrected chi connectivity index (χ2v) is 4.03. The molecule has 2 nitrogen and oxygen atoms in total. The van der Waals surface area contributed by atoms with E-state index in [0.717, 1.165) is 0 Å². The van der Waals surface area contributed by atoms with Crippen LogP contribution in [-0.4, -0.2) is 0 Å². The van der Waals surface area contributed by atoms with E-state index in [1.807, 2.05) is 6.07 Å². The van der Waals surface area contributed by atoms with Crippen LogP contribution in [0.15, 0.2) is 42.5 Å². The van der Waals surface area contributed by atoms with Crippen molar-refractivity contribution >= 4 is 11.6 Å². The molecule has 2 aromatic rings. The van der Waals surface area contributed by atoms with Crippen molar-refractivity contribution in [3.05, 3.63) is 64.4 Å². The monoisotopic (exact) mass is 261 g/mol. The van der Waals surface area contributed by atoms with E-state index in [4.69, 9.17) is 21.6 Å². The molecule has 0 heterocycles. The van der Waals surface area contributed by atoms with Gasteiger partial charge in [0.05, 0.1) is 16.7 Å². The van der Waals surface area contributed by atoms with Gasteiger partial charge in [0, 0.05) is 5.56 Å². The highest BCUT2D eigenvalue weighted by Gasteiger charge is 2.07. The van der Waals surface area contributed by atoms with Gasteiger partial charge in [0.1, 0.15) is 18.2 Å². The molecule has 0 N–H and O–H groups in total. The van der Waals surface area contributed by atoms with E-state index in [0.29, 0.717) is 21.9 Å². The summed E-state index contributed by atoms with van der Waals surface area (Å²) < 4.78 is 18.9. The Hall–Kier alpha value is -2.05. The molecule has 90 valence electrons. The maximum atomic E-state index is 13.5. The summed E-state index contributed by atoms with van der Waals surface area (Å²) in [6, 6.07) is 13.1. The highest BCUT2D eigenvalue weighted by atomic mass is 35.5. The molecule has 0 bridgehead atoms. The van der Waals surface area contributed by atoms with Crippen LogP contribution in [0.2, 0.25) is 5.02 Å². The maximum absolute atomic E-state index is 13.5. The molecule has 0 saturated carbocycles. The van der Waals surface area contributed by atoms with Gasteiger partial charge in [-0.1, -0.05) is 17.7 Å². The Balaban J connectivity index is 2.09. The van der Waals surface area contributed by atoms with E-state index in [2.05, 4.69) is 0 Å². The van der Waals surface area contributed by atoms with Crippen LogP contribution in [0.5, 0.6) is 5.75 Å². The second kappa shape index (κ2) is 5.52. The van der Waals surface area contributed by atoms with Gasteiger partial charge in [0.2, 0.25) is 0 Å². The highest BCUT2D eigenvalue weighted by molar-refractivity contribution is 6.31. The molecule has 18 heavy (non-hydrogen) atoms. The zero-order chi connectivity index (χ0) is 13.0. The number of nitriles is 1. The molecule has 4 heteroatoms. The van der Waals surface area contributed by atoms with Crippen LogP contribution in [0.3, 0.4) is 0 Å². The van der Waals surface area contributed by atoms with Crippen LogP contribution in [0.25, 0.3) is 0 Å². The summed E-state index contributed by atoms with van der Waals surface area (Å²) in [5.41, 5.74) is 0.870. The smallest absolute Gasteiger partial charge is 0.131 e. The van der Waals surface area contributed by atoms with Crippen molar-refractivity contribution in [1.29, 1.82) is 5.26 Å². The third-order valence-corrected chi connectivity index (χ3v) is 2.78. The lowest BCUT2D eigenvalue weighted by atomic mass is 10.2. The first kappa shape index (κ1) is 12.4. The van der Waals surface area contributed by atoms with Gasteiger partial charge in [-0.3, -0.25) is 0 Å². The van der Waals surface area contributed by atoms with Crippen molar-refractivity contribution in [1.82, 2.24) is 0 Å². The van der Waals surface area contributed by atoms with E-state index in [-0.39, 0.29) is 6.61 Å². The number of hydrogen-bond donors (Lipinski definition) is 0. The minimum absolute atomic E-state index is 0.0530. The molecule has 0 aliphatic carbocycles. The highest BCUT2D eigenvalue weighted by Crippen LogP contribution is 2.21. The number of halogens is 2. The Labute approximate surface area is 109 Å². The van der Waals surface area contributed by atoms with Crippen molar-refractivity contribution in [3.63, 3.8) is 0 Å². The number of benzene rings is 2. The Morgan fingerprint density at radius 1 is 1.17 bits per heavy atom. The van der Waals surface area contributed by atoms with Crippen molar-refractivity contribution in [2.45, 2.75) is 6.61 Å². The topological polar surface area (TPSA) is 33.0 Å². The molecule has 0 aliphatic heterocycles. The van der Waals surface area contributed by atoms with Crippen LogP contribution >= 0.6 is 11.6 Å². The lowest BCUT2D eigenvalue weighted by molar-refractivity contribution is 0.300. The molecule has 0 amide bonds. The van der Waals surface area contributed by atoms with Crippen LogP contribution < -0.4 is 4.74 Å². The minimum Gasteiger partial charge on any atom is -0.489 e. The van der Waals surface area contributed by atoms with Crippen molar-refractivity contribution in [3.8, 4) is 11.8 Å². The fraction of sp³-hybridized carbons (Fsp3) is 0.0714. The van der Waals surface area contributed by atoms with E-state index >= 15 is 0 Å². The van der Waals surface area contributed by atoms with Crippen molar-refractivity contribution in [2.24, 2.45) is 0 Å². The Morgan fingerprint density at radius 3 is 2.50 bits per heavy atom. The van der Waals surface area contributed by atoms with Gasteiger partial charge in [0.15, 0.2) is 0 Å². The zero-order valence-electron chi connectivity index (χ0n) is 9.36. The third-order valence-electron chi connectivity index (χ3n) is 2.43. The Bertz CT molecular complexity index is 569. The maximum Gasteiger partial charge on any atom is 0.131 e. The number of nitrogens with zero attached hydrogens (tertiary/aromatic N) is 1. The average Bonchev–Trinajstić information content (AvgIpc) is 2.39. The van der Waals surface area contributed by atoms with Gasteiger partial charge < -0.3 is 4.74 Å². The van der Waals surface area contributed by atoms with Gasteiger partial charge >= 0.3 is 0 Å². The molecule has 0 aliphatic rings. The molecule has 0 fully saturated rings. The summed E-state index contributed by atoms with van der Waals surface area (Å²) in [7, 11) is 0. The summed E-state index contributed by atoms with van der Waals surface area (Å²) >= 11 is 5.88. The van der Waals surface area contributed by atoms with E-state index in [1.54, 1.807) is 36.4 Å². The summed E-state index contributed by atoms with van der Waals surface area (Å²) in [4.78, 5) is 0. The fourth-order valence-electron chi connectivity index (χ4n) is 1.45. The zero-order valence-corrected chi connectivity index (χ0v) is 10.1. The molecule has 0 spiro atoms. The minimum atomic E-state index is -0.392. The molecule has 0 unspecified atom stereocenters. The van der Waals surface area contributed by atoms with Gasteiger partial charge in [-0.05, 0) is 36.4 Å². The standard InChI is InChI=1S/C14H9ClFNO/c15-13-2-1-3-14(16)12(13)9-18-11-6-4-10(8-17)5-7-11/h1-7H,9H2.